The van der Waals surface area contributed by atoms with E-state index in [0.29, 0.717) is 5.56 Å². The number of aromatic nitrogens is 3. The van der Waals surface area contributed by atoms with E-state index in [-0.39, 0.29) is 5.78 Å². The number of rotatable bonds is 6. The number of para-hydroxylation sites is 3. The molecule has 35 heavy (non-hydrogen) atoms. The highest BCUT2D eigenvalue weighted by molar-refractivity contribution is 8.00. The molecule has 4 aromatic carbocycles. The van der Waals surface area contributed by atoms with Gasteiger partial charge in [-0.05, 0) is 42.8 Å². The largest absolute Gasteiger partial charge is 0.360 e. The van der Waals surface area contributed by atoms with E-state index >= 15 is 0 Å². The number of imidazole rings is 1. The van der Waals surface area contributed by atoms with Gasteiger partial charge in [0, 0.05) is 28.4 Å². The molecule has 5 heteroatoms. The molecule has 6 aromatic rings. The van der Waals surface area contributed by atoms with Gasteiger partial charge in [-0.1, -0.05) is 90.1 Å². The van der Waals surface area contributed by atoms with E-state index in [2.05, 4.69) is 46.8 Å². The van der Waals surface area contributed by atoms with Crippen LogP contribution in [0.1, 0.15) is 26.7 Å². The van der Waals surface area contributed by atoms with Crippen molar-refractivity contribution < 1.29 is 4.79 Å². The van der Waals surface area contributed by atoms with Gasteiger partial charge in [-0.2, -0.15) is 0 Å². The number of nitrogens with zero attached hydrogens (tertiary/aromatic N) is 2. The van der Waals surface area contributed by atoms with Crippen molar-refractivity contribution >= 4 is 39.5 Å². The van der Waals surface area contributed by atoms with Crippen molar-refractivity contribution in [1.29, 1.82) is 0 Å². The van der Waals surface area contributed by atoms with E-state index in [1.165, 1.54) is 17.3 Å². The number of carbonyl (C=O) groups is 1. The highest BCUT2D eigenvalue weighted by Gasteiger charge is 2.28. The number of fused-ring (bicyclic) bond motifs is 2. The number of hydrogen-bond donors (Lipinski definition) is 1. The molecule has 0 aliphatic heterocycles. The van der Waals surface area contributed by atoms with Gasteiger partial charge in [-0.25, -0.2) is 4.98 Å². The van der Waals surface area contributed by atoms with Crippen molar-refractivity contribution in [2.24, 2.45) is 0 Å². The van der Waals surface area contributed by atoms with Crippen LogP contribution in [0.2, 0.25) is 0 Å². The second kappa shape index (κ2) is 8.93. The predicted molar refractivity (Wildman–Crippen MR) is 143 cm³/mol. The molecule has 2 aromatic heterocycles. The molecular formula is C30H23N3OS. The Labute approximate surface area is 207 Å². The SMILES string of the molecule is Cc1ccc(-n2c(S[C@@H](C(=O)c3c[nH]c4ccccc34)c3ccccc3)nc3ccccc32)cc1. The molecule has 0 bridgehead atoms. The molecule has 6 rings (SSSR count). The van der Waals surface area contributed by atoms with Crippen LogP contribution < -0.4 is 0 Å². The summed E-state index contributed by atoms with van der Waals surface area (Å²) >= 11 is 1.50. The van der Waals surface area contributed by atoms with E-state index in [4.69, 9.17) is 4.98 Å². The molecule has 0 fully saturated rings. The van der Waals surface area contributed by atoms with Crippen LogP contribution in [0, 0.1) is 6.92 Å². The van der Waals surface area contributed by atoms with Crippen LogP contribution in [0.4, 0.5) is 0 Å². The Kier molecular flexibility index (Phi) is 5.47. The third-order valence-electron chi connectivity index (χ3n) is 6.24. The number of ketones is 1. The molecule has 0 aliphatic carbocycles. The Morgan fingerprint density at radius 3 is 2.40 bits per heavy atom. The maximum Gasteiger partial charge on any atom is 0.182 e. The first-order chi connectivity index (χ1) is 17.2. The van der Waals surface area contributed by atoms with E-state index in [1.54, 1.807) is 0 Å². The number of H-pyrrole nitrogens is 1. The van der Waals surface area contributed by atoms with Crippen molar-refractivity contribution in [3.8, 4) is 5.69 Å². The number of carbonyl (C=O) groups excluding carboxylic acids is 1. The van der Waals surface area contributed by atoms with Crippen LogP contribution in [0.25, 0.3) is 27.6 Å². The fourth-order valence-electron chi connectivity index (χ4n) is 4.45. The van der Waals surface area contributed by atoms with Crippen LogP contribution in [0.15, 0.2) is 114 Å². The summed E-state index contributed by atoms with van der Waals surface area (Å²) in [7, 11) is 0. The maximum absolute atomic E-state index is 14.1. The number of aryl methyl sites for hydroxylation is 1. The Hall–Kier alpha value is -4.09. The third-order valence-corrected chi connectivity index (χ3v) is 7.45. The summed E-state index contributed by atoms with van der Waals surface area (Å²) in [5, 5.41) is 1.28. The number of thioether (sulfide) groups is 1. The maximum atomic E-state index is 14.1. The van der Waals surface area contributed by atoms with Gasteiger partial charge in [0.15, 0.2) is 10.9 Å². The normalized spacial score (nSPS) is 12.3. The molecule has 170 valence electrons. The zero-order chi connectivity index (χ0) is 23.8. The van der Waals surface area contributed by atoms with Gasteiger partial charge in [-0.15, -0.1) is 0 Å². The minimum absolute atomic E-state index is 0.0566. The van der Waals surface area contributed by atoms with Crippen molar-refractivity contribution in [1.82, 2.24) is 14.5 Å². The molecular weight excluding hydrogens is 450 g/mol. The zero-order valence-electron chi connectivity index (χ0n) is 19.2. The second-order valence-electron chi connectivity index (χ2n) is 8.57. The second-order valence-corrected chi connectivity index (χ2v) is 9.65. The van der Waals surface area contributed by atoms with Gasteiger partial charge in [0.05, 0.1) is 11.0 Å². The molecule has 1 N–H and O–H groups in total. The van der Waals surface area contributed by atoms with Gasteiger partial charge in [0.25, 0.3) is 0 Å². The Morgan fingerprint density at radius 1 is 0.857 bits per heavy atom. The van der Waals surface area contributed by atoms with Crippen LogP contribution in [0.3, 0.4) is 0 Å². The van der Waals surface area contributed by atoms with Gasteiger partial charge >= 0.3 is 0 Å². The molecule has 2 heterocycles. The minimum Gasteiger partial charge on any atom is -0.360 e. The lowest BCUT2D eigenvalue weighted by Crippen LogP contribution is -2.11. The van der Waals surface area contributed by atoms with Gasteiger partial charge in [-0.3, -0.25) is 9.36 Å². The third kappa shape index (κ3) is 3.94. The Bertz CT molecular complexity index is 1650. The summed E-state index contributed by atoms with van der Waals surface area (Å²) in [4.78, 5) is 22.3. The molecule has 0 amide bonds. The average Bonchev–Trinajstić information content (AvgIpc) is 3.49. The Balaban J connectivity index is 1.50. The van der Waals surface area contributed by atoms with Crippen molar-refractivity contribution in [3.63, 3.8) is 0 Å². The fourth-order valence-corrected chi connectivity index (χ4v) is 5.65. The lowest BCUT2D eigenvalue weighted by molar-refractivity contribution is 0.0991. The first kappa shape index (κ1) is 21.4. The molecule has 0 unspecified atom stereocenters. The van der Waals surface area contributed by atoms with Gasteiger partial charge < -0.3 is 4.98 Å². The highest BCUT2D eigenvalue weighted by atomic mass is 32.2. The molecule has 1 atom stereocenters. The lowest BCUT2D eigenvalue weighted by atomic mass is 10.0. The van der Waals surface area contributed by atoms with Crippen molar-refractivity contribution in [2.75, 3.05) is 0 Å². The monoisotopic (exact) mass is 473 g/mol. The number of aromatic amines is 1. The minimum atomic E-state index is -0.448. The summed E-state index contributed by atoms with van der Waals surface area (Å²) < 4.78 is 2.15. The summed E-state index contributed by atoms with van der Waals surface area (Å²) in [5.41, 5.74) is 6.75. The molecule has 0 saturated heterocycles. The van der Waals surface area contributed by atoms with E-state index < -0.39 is 5.25 Å². The van der Waals surface area contributed by atoms with E-state index in [1.807, 2.05) is 79.0 Å². The fraction of sp³-hybridized carbons (Fsp3) is 0.0667. The molecule has 4 nitrogen and oxygen atoms in total. The number of benzene rings is 4. The summed E-state index contributed by atoms with van der Waals surface area (Å²) in [6.45, 7) is 2.08. The average molecular weight is 474 g/mol. The quantitative estimate of drug-likeness (QED) is 0.201. The van der Waals surface area contributed by atoms with Crippen LogP contribution in [0.5, 0.6) is 0 Å². The molecule has 0 saturated carbocycles. The van der Waals surface area contributed by atoms with E-state index in [0.717, 1.165) is 38.3 Å². The summed E-state index contributed by atoms with van der Waals surface area (Å²) in [6.07, 6.45) is 1.83. The lowest BCUT2D eigenvalue weighted by Gasteiger charge is -2.17. The predicted octanol–water partition coefficient (Wildman–Crippen LogP) is 7.53. The smallest absolute Gasteiger partial charge is 0.182 e. The van der Waals surface area contributed by atoms with Crippen LogP contribution in [-0.2, 0) is 0 Å². The number of Topliss-reactive ketones (excluding diaryl/α,β-unsaturated/α-hetero) is 1. The molecule has 0 radical (unpaired) electrons. The summed E-state index contributed by atoms with van der Waals surface area (Å²) in [6, 6.07) is 34.4. The first-order valence-corrected chi connectivity index (χ1v) is 12.4. The molecule has 0 aliphatic rings. The number of hydrogen-bond acceptors (Lipinski definition) is 3. The first-order valence-electron chi connectivity index (χ1n) is 11.6. The van der Waals surface area contributed by atoms with Crippen molar-refractivity contribution in [3.05, 3.63) is 126 Å². The topological polar surface area (TPSA) is 50.7 Å². The van der Waals surface area contributed by atoms with Crippen molar-refractivity contribution in [2.45, 2.75) is 17.3 Å². The highest BCUT2D eigenvalue weighted by Crippen LogP contribution is 2.40. The zero-order valence-corrected chi connectivity index (χ0v) is 20.0. The van der Waals surface area contributed by atoms with E-state index in [9.17, 15) is 4.79 Å². The summed E-state index contributed by atoms with van der Waals surface area (Å²) in [5.74, 6) is 0.0566. The van der Waals surface area contributed by atoms with Crippen LogP contribution in [-0.4, -0.2) is 20.3 Å². The van der Waals surface area contributed by atoms with Crippen LogP contribution >= 0.6 is 11.8 Å². The molecule has 0 spiro atoms. The Morgan fingerprint density at radius 2 is 1.57 bits per heavy atom. The number of nitrogens with one attached hydrogen (secondary N) is 1. The standard InChI is InChI=1S/C30H23N3OS/c1-20-15-17-22(18-16-20)33-27-14-8-7-13-26(27)32-30(33)35-29(21-9-3-2-4-10-21)28(34)24-19-31-25-12-6-5-11-23(24)25/h2-19,29,31H,1H3/t29-/m1/s1. The van der Waals surface area contributed by atoms with Gasteiger partial charge in [0.2, 0.25) is 0 Å². The van der Waals surface area contributed by atoms with Gasteiger partial charge in [0.1, 0.15) is 5.25 Å².